The third-order valence-corrected chi connectivity index (χ3v) is 3.36. The van der Waals surface area contributed by atoms with Crippen LogP contribution in [-0.2, 0) is 14.9 Å². The van der Waals surface area contributed by atoms with Crippen molar-refractivity contribution in [3.63, 3.8) is 0 Å². The van der Waals surface area contributed by atoms with Gasteiger partial charge in [-0.25, -0.2) is 13.9 Å². The molecule has 1 amide bonds. The van der Waals surface area contributed by atoms with E-state index in [1.54, 1.807) is 0 Å². The molecule has 96 valence electrons. The molecule has 0 unspecified atom stereocenters. The van der Waals surface area contributed by atoms with Gasteiger partial charge >= 0.3 is 0 Å². The second-order valence-electron chi connectivity index (χ2n) is 3.19. The number of hydrogen-bond acceptors (Lipinski definition) is 4. The van der Waals surface area contributed by atoms with Crippen LogP contribution in [0.4, 0.5) is 0 Å². The van der Waals surface area contributed by atoms with E-state index in [9.17, 15) is 13.2 Å². The van der Waals surface area contributed by atoms with Crippen molar-refractivity contribution in [1.29, 1.82) is 0 Å². The minimum atomic E-state index is -3.71. The highest BCUT2D eigenvalue weighted by atomic mass is 32.2. The molecule has 0 atom stereocenters. The van der Waals surface area contributed by atoms with Crippen molar-refractivity contribution in [2.24, 2.45) is 0 Å². The zero-order valence-corrected chi connectivity index (χ0v) is 10.5. The van der Waals surface area contributed by atoms with Gasteiger partial charge in [0.2, 0.25) is 10.0 Å². The quantitative estimate of drug-likeness (QED) is 0.576. The molecular weight excluding hydrogens is 256 g/mol. The summed E-state index contributed by atoms with van der Waals surface area (Å²) >= 11 is 0. The molecule has 18 heavy (non-hydrogen) atoms. The summed E-state index contributed by atoms with van der Waals surface area (Å²) < 4.78 is 25.7. The lowest BCUT2D eigenvalue weighted by molar-refractivity contribution is 0.0537. The maximum Gasteiger partial charge on any atom is 0.274 e. The maximum atomic E-state index is 11.8. The Bertz CT molecular complexity index is 575. The van der Waals surface area contributed by atoms with Crippen molar-refractivity contribution >= 4 is 15.9 Å². The van der Waals surface area contributed by atoms with Gasteiger partial charge in [-0.2, -0.15) is 4.72 Å². The molecule has 1 aromatic carbocycles. The minimum Gasteiger partial charge on any atom is -0.277 e. The summed E-state index contributed by atoms with van der Waals surface area (Å²) in [6.45, 7) is -0.114. The number of benzene rings is 1. The van der Waals surface area contributed by atoms with Crippen LogP contribution < -0.4 is 10.2 Å². The van der Waals surface area contributed by atoms with Crippen LogP contribution in [0, 0.1) is 12.3 Å². The summed E-state index contributed by atoms with van der Waals surface area (Å²) in [4.78, 5) is 15.9. The minimum absolute atomic E-state index is 0.0403. The Balaban J connectivity index is 3.02. The second kappa shape index (κ2) is 6.16. The van der Waals surface area contributed by atoms with E-state index in [0.717, 1.165) is 0 Å². The third kappa shape index (κ3) is 3.56. The Kier molecular flexibility index (Phi) is 4.85. The largest absolute Gasteiger partial charge is 0.277 e. The predicted octanol–water partition coefficient (Wildman–Crippen LogP) is -0.111. The molecule has 0 aliphatic carbocycles. The lowest BCUT2D eigenvalue weighted by Gasteiger charge is -2.06. The standard InChI is InChI=1S/C11H12N2O4S/c1-3-7-12-18(15,16)10-6-4-5-9(8-10)11(14)13-17-2/h1,4-6,8,12H,7H2,2H3,(H,13,14). The van der Waals surface area contributed by atoms with Crippen LogP contribution >= 0.6 is 0 Å². The van der Waals surface area contributed by atoms with E-state index in [1.165, 1.54) is 31.4 Å². The Hall–Kier alpha value is -1.88. The van der Waals surface area contributed by atoms with E-state index in [2.05, 4.69) is 21.0 Å². The molecule has 2 N–H and O–H groups in total. The Morgan fingerprint density at radius 1 is 1.50 bits per heavy atom. The SMILES string of the molecule is C#CCNS(=O)(=O)c1cccc(C(=O)NOC)c1. The first kappa shape index (κ1) is 14.2. The third-order valence-electron chi connectivity index (χ3n) is 1.97. The Labute approximate surface area is 105 Å². The van der Waals surface area contributed by atoms with Crippen LogP contribution in [0.5, 0.6) is 0 Å². The number of rotatable bonds is 5. The number of hydrogen-bond donors (Lipinski definition) is 2. The number of terminal acetylenes is 1. The van der Waals surface area contributed by atoms with Gasteiger partial charge in [-0.05, 0) is 18.2 Å². The van der Waals surface area contributed by atoms with Crippen LogP contribution in [0.3, 0.4) is 0 Å². The highest BCUT2D eigenvalue weighted by Gasteiger charge is 2.15. The zero-order chi connectivity index (χ0) is 13.6. The summed E-state index contributed by atoms with van der Waals surface area (Å²) in [5, 5.41) is 0. The number of carbonyl (C=O) groups is 1. The molecule has 0 aliphatic heterocycles. The van der Waals surface area contributed by atoms with Gasteiger partial charge in [0.05, 0.1) is 18.6 Å². The lowest BCUT2D eigenvalue weighted by Crippen LogP contribution is -2.25. The van der Waals surface area contributed by atoms with Gasteiger partial charge in [0.25, 0.3) is 5.91 Å². The molecule has 0 heterocycles. The van der Waals surface area contributed by atoms with E-state index in [1.807, 2.05) is 0 Å². The second-order valence-corrected chi connectivity index (χ2v) is 4.96. The monoisotopic (exact) mass is 268 g/mol. The predicted molar refractivity (Wildman–Crippen MR) is 64.9 cm³/mol. The fourth-order valence-corrected chi connectivity index (χ4v) is 2.16. The van der Waals surface area contributed by atoms with Gasteiger partial charge in [-0.15, -0.1) is 6.42 Å². The van der Waals surface area contributed by atoms with Crippen LogP contribution in [0.25, 0.3) is 0 Å². The van der Waals surface area contributed by atoms with E-state index in [-0.39, 0.29) is 17.0 Å². The first-order valence-corrected chi connectivity index (χ1v) is 6.36. The van der Waals surface area contributed by atoms with Crippen LogP contribution in [0.15, 0.2) is 29.2 Å². The van der Waals surface area contributed by atoms with E-state index in [4.69, 9.17) is 6.42 Å². The van der Waals surface area contributed by atoms with Gasteiger partial charge in [0, 0.05) is 5.56 Å². The van der Waals surface area contributed by atoms with Crippen LogP contribution in [-0.4, -0.2) is 28.0 Å². The summed E-state index contributed by atoms with van der Waals surface area (Å²) in [7, 11) is -2.42. The summed E-state index contributed by atoms with van der Waals surface area (Å²) in [6, 6.07) is 5.51. The molecule has 0 fully saturated rings. The highest BCUT2D eigenvalue weighted by Crippen LogP contribution is 2.11. The number of nitrogens with one attached hydrogen (secondary N) is 2. The van der Waals surface area contributed by atoms with Gasteiger partial charge in [-0.3, -0.25) is 9.63 Å². The first-order chi connectivity index (χ1) is 8.51. The molecule has 0 radical (unpaired) electrons. The molecule has 0 aliphatic rings. The van der Waals surface area contributed by atoms with Gasteiger partial charge in [-0.1, -0.05) is 12.0 Å². The number of sulfonamides is 1. The topological polar surface area (TPSA) is 84.5 Å². The van der Waals surface area contributed by atoms with Crippen molar-refractivity contribution in [2.75, 3.05) is 13.7 Å². The highest BCUT2D eigenvalue weighted by molar-refractivity contribution is 7.89. The summed E-state index contributed by atoms with van der Waals surface area (Å²) in [5.74, 6) is 1.63. The van der Waals surface area contributed by atoms with Crippen molar-refractivity contribution in [2.45, 2.75) is 4.90 Å². The van der Waals surface area contributed by atoms with Gasteiger partial charge in [0.15, 0.2) is 0 Å². The van der Waals surface area contributed by atoms with E-state index in [0.29, 0.717) is 0 Å². The normalized spacial score (nSPS) is 10.7. The molecule has 0 saturated heterocycles. The van der Waals surface area contributed by atoms with Crippen molar-refractivity contribution in [3.05, 3.63) is 29.8 Å². The average molecular weight is 268 g/mol. The van der Waals surface area contributed by atoms with Crippen molar-refractivity contribution < 1.29 is 18.0 Å². The van der Waals surface area contributed by atoms with E-state index >= 15 is 0 Å². The molecule has 0 spiro atoms. The Morgan fingerprint density at radius 2 is 2.22 bits per heavy atom. The maximum absolute atomic E-state index is 11.8. The van der Waals surface area contributed by atoms with Gasteiger partial charge < -0.3 is 0 Å². The van der Waals surface area contributed by atoms with Crippen molar-refractivity contribution in [1.82, 2.24) is 10.2 Å². The smallest absolute Gasteiger partial charge is 0.274 e. The molecule has 0 saturated carbocycles. The molecule has 0 bridgehead atoms. The Morgan fingerprint density at radius 3 is 2.83 bits per heavy atom. The van der Waals surface area contributed by atoms with E-state index < -0.39 is 15.9 Å². The molecule has 1 rings (SSSR count). The zero-order valence-electron chi connectivity index (χ0n) is 9.64. The molecule has 0 aromatic heterocycles. The molecular formula is C11H12N2O4S. The molecule has 6 nitrogen and oxygen atoms in total. The number of hydroxylamine groups is 1. The van der Waals surface area contributed by atoms with Gasteiger partial charge in [0.1, 0.15) is 0 Å². The number of amides is 1. The van der Waals surface area contributed by atoms with Crippen LogP contribution in [0.1, 0.15) is 10.4 Å². The first-order valence-electron chi connectivity index (χ1n) is 4.88. The lowest BCUT2D eigenvalue weighted by atomic mass is 10.2. The fourth-order valence-electron chi connectivity index (χ4n) is 1.18. The molecule has 1 aromatic rings. The van der Waals surface area contributed by atoms with Crippen molar-refractivity contribution in [3.8, 4) is 12.3 Å². The number of carbonyl (C=O) groups excluding carboxylic acids is 1. The summed E-state index contributed by atoms with van der Waals surface area (Å²) in [6.07, 6.45) is 4.97. The summed E-state index contributed by atoms with van der Waals surface area (Å²) in [5.41, 5.74) is 2.26. The average Bonchev–Trinajstić information content (AvgIpc) is 2.37. The molecule has 7 heteroatoms. The fraction of sp³-hybridized carbons (Fsp3) is 0.182. The van der Waals surface area contributed by atoms with Crippen LogP contribution in [0.2, 0.25) is 0 Å².